The molecular formula is C31H25N3O8. The lowest BCUT2D eigenvalue weighted by Crippen LogP contribution is -2.32. The topological polar surface area (TPSA) is 168 Å². The molecule has 0 saturated carbocycles. The number of allylic oxidation sites excluding steroid dienone is 4. The van der Waals surface area contributed by atoms with Gasteiger partial charge >= 0.3 is 11.7 Å². The van der Waals surface area contributed by atoms with Crippen LogP contribution >= 0.6 is 0 Å². The molecule has 2 heterocycles. The number of fused-ring (bicyclic) bond motifs is 1. The van der Waals surface area contributed by atoms with Crippen LogP contribution in [-0.4, -0.2) is 44.0 Å². The highest BCUT2D eigenvalue weighted by Gasteiger charge is 2.34. The minimum absolute atomic E-state index is 0.00820. The molecule has 5 rings (SSSR count). The van der Waals surface area contributed by atoms with Gasteiger partial charge in [0.1, 0.15) is 22.8 Å². The number of aromatic nitrogens is 2. The maximum absolute atomic E-state index is 12.9. The van der Waals surface area contributed by atoms with Gasteiger partial charge in [-0.25, -0.2) is 9.59 Å². The molecule has 1 aromatic heterocycles. The number of ether oxygens (including phenoxy) is 1. The average molecular weight is 568 g/mol. The molecule has 2 aromatic carbocycles. The van der Waals surface area contributed by atoms with Crippen molar-refractivity contribution in [1.82, 2.24) is 14.9 Å². The maximum Gasteiger partial charge on any atom is 0.336 e. The van der Waals surface area contributed by atoms with Gasteiger partial charge in [-0.3, -0.25) is 23.9 Å². The Morgan fingerprint density at radius 2 is 1.88 bits per heavy atom. The van der Waals surface area contributed by atoms with E-state index in [1.54, 1.807) is 32.1 Å². The summed E-state index contributed by atoms with van der Waals surface area (Å²) in [6.45, 7) is 3.42. The van der Waals surface area contributed by atoms with Crippen LogP contribution in [0.5, 0.6) is 11.5 Å². The Labute approximate surface area is 238 Å². The normalized spacial score (nSPS) is 15.3. The molecule has 1 amide bonds. The van der Waals surface area contributed by atoms with Crippen LogP contribution in [0.15, 0.2) is 75.7 Å². The number of carbonyl (C=O) groups excluding carboxylic acids is 2. The second-order valence-corrected chi connectivity index (χ2v) is 10.0. The SMILES string of the molecule is CC(C)n1cc(C#CCNC(=O)c2ccc(C3C4=C(CC(=O)C=C4)Oc4cc(O)ccc43)c(C(=O)O)c2)c(=O)[nH]c1=O. The standard InChI is InChI=1S/C31H25N3O8/c1-16(2)34-15-18(29(38)33-31(34)41)4-3-11-32-28(37)17-5-8-21(24(12-17)30(39)40)27-22-9-6-19(35)13-25(22)42-26-14-20(36)7-10-23(26)27/h5-10,12-13,15-16,27,35H,11,14H2,1-2H3,(H,32,37)(H,39,40)(H,33,38,41). The summed E-state index contributed by atoms with van der Waals surface area (Å²) in [7, 11) is 0. The van der Waals surface area contributed by atoms with Crippen molar-refractivity contribution >= 4 is 17.7 Å². The Balaban J connectivity index is 1.43. The van der Waals surface area contributed by atoms with E-state index in [1.807, 2.05) is 0 Å². The van der Waals surface area contributed by atoms with Crippen LogP contribution in [0.4, 0.5) is 0 Å². The molecule has 1 unspecified atom stereocenters. The molecule has 42 heavy (non-hydrogen) atoms. The van der Waals surface area contributed by atoms with Crippen LogP contribution in [0.3, 0.4) is 0 Å². The molecule has 1 aliphatic carbocycles. The van der Waals surface area contributed by atoms with Gasteiger partial charge in [-0.1, -0.05) is 30.0 Å². The number of aromatic amines is 1. The fourth-order valence-corrected chi connectivity index (χ4v) is 4.89. The molecule has 11 nitrogen and oxygen atoms in total. The van der Waals surface area contributed by atoms with Gasteiger partial charge in [0.15, 0.2) is 5.78 Å². The molecule has 1 aliphatic heterocycles. The van der Waals surface area contributed by atoms with E-state index in [4.69, 9.17) is 4.74 Å². The van der Waals surface area contributed by atoms with Crippen molar-refractivity contribution in [2.75, 3.05) is 6.54 Å². The lowest BCUT2D eigenvalue weighted by molar-refractivity contribution is -0.114. The lowest BCUT2D eigenvalue weighted by atomic mass is 9.78. The fourth-order valence-electron chi connectivity index (χ4n) is 4.89. The Morgan fingerprint density at radius 1 is 1.12 bits per heavy atom. The van der Waals surface area contributed by atoms with Gasteiger partial charge in [0.2, 0.25) is 0 Å². The highest BCUT2D eigenvalue weighted by atomic mass is 16.5. The number of hydrogen-bond donors (Lipinski definition) is 4. The van der Waals surface area contributed by atoms with Gasteiger partial charge in [0.25, 0.3) is 11.5 Å². The summed E-state index contributed by atoms with van der Waals surface area (Å²) < 4.78 is 7.24. The number of benzene rings is 2. The Morgan fingerprint density at radius 3 is 2.62 bits per heavy atom. The minimum atomic E-state index is -1.26. The molecule has 1 atom stereocenters. The van der Waals surface area contributed by atoms with Gasteiger partial charge in [-0.15, -0.1) is 0 Å². The predicted octanol–water partition coefficient (Wildman–Crippen LogP) is 2.61. The molecule has 2 aliphatic rings. The Bertz CT molecular complexity index is 1900. The third kappa shape index (κ3) is 5.38. The number of rotatable bonds is 5. The molecule has 0 spiro atoms. The number of carboxylic acid groups (broad SMARTS) is 1. The van der Waals surface area contributed by atoms with Gasteiger partial charge in [0.05, 0.1) is 18.5 Å². The van der Waals surface area contributed by atoms with Crippen molar-refractivity contribution < 1.29 is 29.3 Å². The van der Waals surface area contributed by atoms with Crippen molar-refractivity contribution in [3.63, 3.8) is 0 Å². The second kappa shape index (κ2) is 11.1. The fraction of sp³-hybridized carbons (Fsp3) is 0.194. The van der Waals surface area contributed by atoms with E-state index in [-0.39, 0.29) is 47.2 Å². The zero-order chi connectivity index (χ0) is 30.1. The number of nitrogens with zero attached hydrogens (tertiary/aromatic N) is 1. The van der Waals surface area contributed by atoms with Crippen molar-refractivity contribution in [2.45, 2.75) is 32.2 Å². The smallest absolute Gasteiger partial charge is 0.336 e. The number of carbonyl (C=O) groups is 3. The zero-order valence-electron chi connectivity index (χ0n) is 22.6. The predicted molar refractivity (Wildman–Crippen MR) is 151 cm³/mol. The second-order valence-electron chi connectivity index (χ2n) is 10.0. The number of carboxylic acids is 1. The number of ketones is 1. The molecular weight excluding hydrogens is 542 g/mol. The highest BCUT2D eigenvalue weighted by molar-refractivity contribution is 5.99. The number of hydrogen-bond acceptors (Lipinski definition) is 7. The number of aromatic hydroxyl groups is 1. The molecule has 0 saturated heterocycles. The van der Waals surface area contributed by atoms with Gasteiger partial charge < -0.3 is 20.3 Å². The van der Waals surface area contributed by atoms with Crippen molar-refractivity contribution in [1.29, 1.82) is 0 Å². The molecule has 4 N–H and O–H groups in total. The third-order valence-electron chi connectivity index (χ3n) is 6.90. The van der Waals surface area contributed by atoms with Crippen molar-refractivity contribution in [3.05, 3.63) is 115 Å². The summed E-state index contributed by atoms with van der Waals surface area (Å²) in [4.78, 5) is 63.5. The first-order valence-electron chi connectivity index (χ1n) is 13.0. The molecule has 11 heteroatoms. The van der Waals surface area contributed by atoms with Crippen molar-refractivity contribution in [2.24, 2.45) is 0 Å². The summed E-state index contributed by atoms with van der Waals surface area (Å²) in [5, 5.41) is 22.7. The highest BCUT2D eigenvalue weighted by Crippen LogP contribution is 2.47. The van der Waals surface area contributed by atoms with E-state index < -0.39 is 29.0 Å². The number of aromatic carboxylic acids is 1. The van der Waals surface area contributed by atoms with E-state index in [0.29, 0.717) is 28.2 Å². The van der Waals surface area contributed by atoms with Crippen LogP contribution in [0.25, 0.3) is 0 Å². The summed E-state index contributed by atoms with van der Waals surface area (Å²) in [5.41, 5.74) is 0.408. The quantitative estimate of drug-likeness (QED) is 0.341. The third-order valence-corrected chi connectivity index (χ3v) is 6.90. The summed E-state index contributed by atoms with van der Waals surface area (Å²) in [6, 6.07) is 8.60. The first kappa shape index (κ1) is 27.9. The molecule has 212 valence electrons. The number of phenolic OH excluding ortho intramolecular Hbond substituents is 1. The van der Waals surface area contributed by atoms with Gasteiger partial charge in [-0.2, -0.15) is 0 Å². The van der Waals surface area contributed by atoms with Gasteiger partial charge in [0, 0.05) is 40.9 Å². The van der Waals surface area contributed by atoms with Crippen LogP contribution in [-0.2, 0) is 4.79 Å². The largest absolute Gasteiger partial charge is 0.508 e. The lowest BCUT2D eigenvalue weighted by Gasteiger charge is -2.32. The number of nitrogens with one attached hydrogen (secondary N) is 2. The summed E-state index contributed by atoms with van der Waals surface area (Å²) in [5.74, 6) is 3.29. The van der Waals surface area contributed by atoms with Crippen LogP contribution < -0.4 is 21.3 Å². The number of amides is 1. The van der Waals surface area contributed by atoms with Crippen molar-refractivity contribution in [3.8, 4) is 23.3 Å². The molecule has 0 fully saturated rings. The van der Waals surface area contributed by atoms with Crippen LogP contribution in [0.1, 0.15) is 69.6 Å². The monoisotopic (exact) mass is 567 g/mol. The Hall–Kier alpha value is -5.63. The van der Waals surface area contributed by atoms with E-state index in [2.05, 4.69) is 22.1 Å². The minimum Gasteiger partial charge on any atom is -0.508 e. The number of phenols is 1. The van der Waals surface area contributed by atoms with E-state index in [9.17, 15) is 34.2 Å². The van der Waals surface area contributed by atoms with Crippen LogP contribution in [0.2, 0.25) is 0 Å². The van der Waals surface area contributed by atoms with E-state index in [1.165, 1.54) is 41.1 Å². The molecule has 0 bridgehead atoms. The Kier molecular flexibility index (Phi) is 7.37. The zero-order valence-corrected chi connectivity index (χ0v) is 22.6. The molecule has 0 radical (unpaired) electrons. The summed E-state index contributed by atoms with van der Waals surface area (Å²) in [6.07, 6.45) is 4.36. The number of H-pyrrole nitrogens is 1. The first-order chi connectivity index (χ1) is 20.0. The van der Waals surface area contributed by atoms with E-state index >= 15 is 0 Å². The van der Waals surface area contributed by atoms with Gasteiger partial charge in [-0.05, 0) is 43.7 Å². The van der Waals surface area contributed by atoms with Crippen LogP contribution in [0, 0.1) is 11.8 Å². The maximum atomic E-state index is 12.9. The molecule has 3 aromatic rings. The average Bonchev–Trinajstić information content (AvgIpc) is 2.94. The van der Waals surface area contributed by atoms with E-state index in [0.717, 1.165) is 0 Å². The summed E-state index contributed by atoms with van der Waals surface area (Å²) >= 11 is 0. The first-order valence-corrected chi connectivity index (χ1v) is 13.0.